The fraction of sp³-hybridized carbons (Fsp3) is 0.103. The Morgan fingerprint density at radius 3 is 0.933 bits per heavy atom. The maximum Gasteiger partial charge on any atom is 0.0522 e. The molecule has 2 nitrogen and oxygen atoms in total. The second-order valence-electron chi connectivity index (χ2n) is 15.3. The lowest BCUT2D eigenvalue weighted by atomic mass is 10.0. The summed E-state index contributed by atoms with van der Waals surface area (Å²) < 4.78 is 0. The first kappa shape index (κ1) is 39.7. The van der Waals surface area contributed by atoms with E-state index < -0.39 is 0 Å². The molecule has 0 saturated carbocycles. The van der Waals surface area contributed by atoms with Crippen LogP contribution in [0.2, 0.25) is 0 Å². The van der Waals surface area contributed by atoms with Gasteiger partial charge >= 0.3 is 0 Å². The second-order valence-corrected chi connectivity index (χ2v) is 15.3. The van der Waals surface area contributed by atoms with Crippen molar-refractivity contribution in [2.24, 2.45) is 0 Å². The van der Waals surface area contributed by atoms with Crippen molar-refractivity contribution in [2.45, 2.75) is 40.5 Å². The molecule has 0 saturated heterocycles. The highest BCUT2D eigenvalue weighted by molar-refractivity contribution is 5.85. The average Bonchev–Trinajstić information content (AvgIpc) is 3.30. The Labute approximate surface area is 357 Å². The number of rotatable bonds is 13. The molecule has 0 aromatic heterocycles. The van der Waals surface area contributed by atoms with Crippen LogP contribution in [0.15, 0.2) is 194 Å². The van der Waals surface area contributed by atoms with Gasteiger partial charge in [-0.2, -0.15) is 0 Å². The minimum Gasteiger partial charge on any atom is -0.310 e. The van der Waals surface area contributed by atoms with Gasteiger partial charge in [-0.25, -0.2) is 0 Å². The van der Waals surface area contributed by atoms with Gasteiger partial charge in [-0.1, -0.05) is 184 Å². The predicted molar refractivity (Wildman–Crippen MR) is 260 cm³/mol. The Morgan fingerprint density at radius 1 is 0.317 bits per heavy atom. The number of para-hydroxylation sites is 2. The largest absolute Gasteiger partial charge is 0.310 e. The van der Waals surface area contributed by atoms with Gasteiger partial charge in [0.25, 0.3) is 0 Å². The zero-order chi connectivity index (χ0) is 41.3. The average molecular weight is 777 g/mol. The van der Waals surface area contributed by atoms with Crippen molar-refractivity contribution >= 4 is 58.4 Å². The van der Waals surface area contributed by atoms with Crippen LogP contribution in [0.25, 0.3) is 35.4 Å². The number of anilines is 6. The van der Waals surface area contributed by atoms with E-state index in [1.807, 2.05) is 0 Å². The third-order valence-electron chi connectivity index (χ3n) is 11.3. The first-order valence-electron chi connectivity index (χ1n) is 21.1. The lowest BCUT2D eigenvalue weighted by Gasteiger charge is -2.30. The van der Waals surface area contributed by atoms with Crippen LogP contribution in [0.1, 0.15) is 58.4 Å². The predicted octanol–water partition coefficient (Wildman–Crippen LogP) is 16.4. The van der Waals surface area contributed by atoms with Crippen molar-refractivity contribution in [3.8, 4) is 11.1 Å². The number of aryl methyl sites for hydroxylation is 4. The highest BCUT2D eigenvalue weighted by Gasteiger charge is 2.20. The van der Waals surface area contributed by atoms with Gasteiger partial charge in [0.2, 0.25) is 0 Å². The lowest BCUT2D eigenvalue weighted by molar-refractivity contribution is 1.10. The molecule has 8 aromatic rings. The summed E-state index contributed by atoms with van der Waals surface area (Å²) in [6, 6.07) is 70.1. The summed E-state index contributed by atoms with van der Waals surface area (Å²) in [5.41, 5.74) is 19.3. The number of hydrogen-bond acceptors (Lipinski definition) is 2. The van der Waals surface area contributed by atoms with Crippen LogP contribution in [0, 0.1) is 13.8 Å². The van der Waals surface area contributed by atoms with E-state index in [0.717, 1.165) is 35.6 Å². The monoisotopic (exact) mass is 776 g/mol. The highest BCUT2D eigenvalue weighted by Crippen LogP contribution is 2.42. The van der Waals surface area contributed by atoms with Gasteiger partial charge in [0, 0.05) is 22.7 Å². The summed E-state index contributed by atoms with van der Waals surface area (Å²) >= 11 is 0. The Balaban J connectivity index is 1.10. The van der Waals surface area contributed by atoms with Gasteiger partial charge in [0.1, 0.15) is 0 Å². The van der Waals surface area contributed by atoms with Gasteiger partial charge in [0.15, 0.2) is 0 Å². The summed E-state index contributed by atoms with van der Waals surface area (Å²) in [6.45, 7) is 8.91. The summed E-state index contributed by atoms with van der Waals surface area (Å²) in [6.07, 6.45) is 10.6. The molecule has 0 heterocycles. The standard InChI is InChI=1S/C58H52N2/c1-5-49-21-13-15-43(3)57(49)59(53-35-27-47(28-36-53)25-23-45-17-9-7-10-18-45)55-39-31-51(32-40-55)52-33-41-56(42-34-52)60(58-44(4)16-14-22-50(58)6-2)54-37-29-48(30-38-54)26-24-46-19-11-8-12-20-46/h7-42H,5-6H2,1-4H3/b25-23-,26-24-. The van der Waals surface area contributed by atoms with E-state index in [-0.39, 0.29) is 0 Å². The molecule has 0 radical (unpaired) electrons. The Hall–Kier alpha value is -7.16. The Morgan fingerprint density at radius 2 is 0.617 bits per heavy atom. The van der Waals surface area contributed by atoms with Crippen molar-refractivity contribution in [2.75, 3.05) is 9.80 Å². The van der Waals surface area contributed by atoms with E-state index in [1.165, 1.54) is 67.0 Å². The quantitative estimate of drug-likeness (QED) is 0.108. The first-order chi connectivity index (χ1) is 29.5. The Bertz CT molecular complexity index is 2500. The van der Waals surface area contributed by atoms with E-state index >= 15 is 0 Å². The van der Waals surface area contributed by atoms with Crippen LogP contribution < -0.4 is 9.80 Å². The van der Waals surface area contributed by atoms with Gasteiger partial charge in [0.05, 0.1) is 11.4 Å². The van der Waals surface area contributed by atoms with E-state index in [2.05, 4.69) is 256 Å². The maximum absolute atomic E-state index is 2.42. The molecule has 8 aromatic carbocycles. The smallest absolute Gasteiger partial charge is 0.0522 e. The van der Waals surface area contributed by atoms with Crippen LogP contribution in [-0.4, -0.2) is 0 Å². The fourth-order valence-corrected chi connectivity index (χ4v) is 8.05. The first-order valence-corrected chi connectivity index (χ1v) is 21.1. The van der Waals surface area contributed by atoms with Crippen molar-refractivity contribution in [1.29, 1.82) is 0 Å². The molecule has 0 bridgehead atoms. The van der Waals surface area contributed by atoms with Crippen LogP contribution in [0.3, 0.4) is 0 Å². The van der Waals surface area contributed by atoms with Crippen LogP contribution >= 0.6 is 0 Å². The molecule has 0 fully saturated rings. The van der Waals surface area contributed by atoms with E-state index in [1.54, 1.807) is 0 Å². The summed E-state index contributed by atoms with van der Waals surface area (Å²) in [4.78, 5) is 4.83. The minimum absolute atomic E-state index is 0.949. The van der Waals surface area contributed by atoms with Crippen molar-refractivity contribution in [3.05, 3.63) is 239 Å². The molecule has 0 spiro atoms. The molecular formula is C58H52N2. The molecule has 0 aliphatic heterocycles. The zero-order valence-corrected chi connectivity index (χ0v) is 35.1. The zero-order valence-electron chi connectivity index (χ0n) is 35.1. The third kappa shape index (κ3) is 8.94. The molecular weight excluding hydrogens is 725 g/mol. The van der Waals surface area contributed by atoms with Crippen molar-refractivity contribution in [3.63, 3.8) is 0 Å². The fourth-order valence-electron chi connectivity index (χ4n) is 8.05. The van der Waals surface area contributed by atoms with Gasteiger partial charge in [-0.3, -0.25) is 0 Å². The molecule has 0 amide bonds. The summed E-state index contributed by atoms with van der Waals surface area (Å²) in [5.74, 6) is 0. The molecule has 0 aliphatic rings. The van der Waals surface area contributed by atoms with Crippen molar-refractivity contribution < 1.29 is 0 Å². The summed E-state index contributed by atoms with van der Waals surface area (Å²) in [7, 11) is 0. The van der Waals surface area contributed by atoms with Crippen LogP contribution in [-0.2, 0) is 12.8 Å². The maximum atomic E-state index is 2.42. The van der Waals surface area contributed by atoms with Crippen LogP contribution in [0.4, 0.5) is 34.1 Å². The molecule has 0 atom stereocenters. The SMILES string of the molecule is CCc1cccc(C)c1N(c1ccc(/C=C\c2ccccc2)cc1)c1ccc(-c2ccc(N(c3ccc(/C=C\c4ccccc4)cc3)c3c(C)cccc3CC)cc2)cc1. The molecule has 8 rings (SSSR count). The van der Waals surface area contributed by atoms with E-state index in [0.29, 0.717) is 0 Å². The third-order valence-corrected chi connectivity index (χ3v) is 11.3. The number of benzene rings is 8. The summed E-state index contributed by atoms with van der Waals surface area (Å²) in [5, 5.41) is 0. The lowest BCUT2D eigenvalue weighted by Crippen LogP contribution is -2.13. The van der Waals surface area contributed by atoms with Crippen LogP contribution in [0.5, 0.6) is 0 Å². The Kier molecular flexibility index (Phi) is 12.3. The van der Waals surface area contributed by atoms with Gasteiger partial charge < -0.3 is 9.80 Å². The molecule has 0 unspecified atom stereocenters. The highest BCUT2D eigenvalue weighted by atomic mass is 15.2. The van der Waals surface area contributed by atoms with E-state index in [9.17, 15) is 0 Å². The molecule has 294 valence electrons. The van der Waals surface area contributed by atoms with Gasteiger partial charge in [-0.05, 0) is 131 Å². The molecule has 60 heavy (non-hydrogen) atoms. The topological polar surface area (TPSA) is 6.48 Å². The van der Waals surface area contributed by atoms with Crippen molar-refractivity contribution in [1.82, 2.24) is 0 Å². The number of nitrogens with zero attached hydrogens (tertiary/aromatic N) is 2. The molecule has 2 heteroatoms. The van der Waals surface area contributed by atoms with Gasteiger partial charge in [-0.15, -0.1) is 0 Å². The minimum atomic E-state index is 0.949. The van der Waals surface area contributed by atoms with E-state index in [4.69, 9.17) is 0 Å². The number of hydrogen-bond donors (Lipinski definition) is 0. The normalized spacial score (nSPS) is 11.3. The second kappa shape index (κ2) is 18.6. The molecule has 0 aliphatic carbocycles. The molecule has 0 N–H and O–H groups in total.